The molecule has 0 amide bonds. The van der Waals surface area contributed by atoms with Crippen molar-refractivity contribution in [2.24, 2.45) is 0 Å². The summed E-state index contributed by atoms with van der Waals surface area (Å²) in [5.74, 6) is -0.0447. The monoisotopic (exact) mass is 426 g/mol. The molecule has 0 saturated heterocycles. The van der Waals surface area contributed by atoms with E-state index < -0.39 is 11.9 Å². The van der Waals surface area contributed by atoms with Gasteiger partial charge in [-0.15, -0.1) is 0 Å². The van der Waals surface area contributed by atoms with E-state index in [0.29, 0.717) is 50.4 Å². The van der Waals surface area contributed by atoms with E-state index in [1.54, 1.807) is 36.4 Å². The van der Waals surface area contributed by atoms with Crippen LogP contribution in [-0.4, -0.2) is 18.0 Å². The maximum Gasteiger partial charge on any atom is 0.344 e. The first-order valence-corrected chi connectivity index (χ1v) is 10.5. The molecule has 0 spiro atoms. The van der Waals surface area contributed by atoms with Crippen LogP contribution in [0.3, 0.4) is 0 Å². The molecule has 0 fully saturated rings. The number of anilines is 2. The van der Waals surface area contributed by atoms with E-state index >= 15 is 0 Å². The second-order valence-corrected chi connectivity index (χ2v) is 8.03. The molecule has 5 rings (SSSR count). The Morgan fingerprint density at radius 3 is 1.75 bits per heavy atom. The molecular formula is C26H22N2O4. The zero-order valence-electron chi connectivity index (χ0n) is 17.8. The summed E-state index contributed by atoms with van der Waals surface area (Å²) in [4.78, 5) is 25.3. The zero-order valence-corrected chi connectivity index (χ0v) is 17.8. The minimum absolute atomic E-state index is 0.356. The number of rotatable bonds is 5. The molecule has 0 saturated carbocycles. The van der Waals surface area contributed by atoms with Crippen LogP contribution in [0.1, 0.15) is 31.4 Å². The minimum Gasteiger partial charge on any atom is -0.422 e. The lowest BCUT2D eigenvalue weighted by molar-refractivity contribution is -0.128. The predicted molar refractivity (Wildman–Crippen MR) is 123 cm³/mol. The lowest BCUT2D eigenvalue weighted by atomic mass is 10.0. The molecule has 1 unspecified atom stereocenters. The molecule has 0 aromatic heterocycles. The molecular weight excluding hydrogens is 404 g/mol. The minimum atomic E-state index is -0.443. The van der Waals surface area contributed by atoms with Crippen molar-refractivity contribution >= 4 is 34.5 Å². The maximum absolute atomic E-state index is 12.7. The van der Waals surface area contributed by atoms with Gasteiger partial charge in [0.25, 0.3) is 0 Å². The van der Waals surface area contributed by atoms with Gasteiger partial charge in [-0.2, -0.15) is 0 Å². The third-order valence-corrected chi connectivity index (χ3v) is 5.83. The van der Waals surface area contributed by atoms with Crippen LogP contribution in [0, 0.1) is 0 Å². The molecule has 32 heavy (non-hydrogen) atoms. The van der Waals surface area contributed by atoms with Gasteiger partial charge >= 0.3 is 11.9 Å². The highest BCUT2D eigenvalue weighted by atomic mass is 16.5. The fourth-order valence-electron chi connectivity index (χ4n) is 3.96. The van der Waals surface area contributed by atoms with Crippen molar-refractivity contribution in [2.75, 3.05) is 11.1 Å². The number of nitrogens with one attached hydrogen (secondary N) is 1. The molecule has 0 aliphatic carbocycles. The van der Waals surface area contributed by atoms with Crippen LogP contribution in [0.15, 0.2) is 60.7 Å². The number of nitrogens with two attached hydrogens (primary N) is 1. The number of nitrogen functional groups attached to an aromatic ring is 1. The number of hydrogen-bond acceptors (Lipinski definition) is 6. The van der Waals surface area contributed by atoms with Crippen LogP contribution in [0.25, 0.3) is 11.1 Å². The summed E-state index contributed by atoms with van der Waals surface area (Å²) in [5, 5.41) is 4.62. The summed E-state index contributed by atoms with van der Waals surface area (Å²) >= 11 is 0. The van der Waals surface area contributed by atoms with Gasteiger partial charge in [0.1, 0.15) is 11.5 Å². The standard InChI is InChI=1S/C26H22N2O4/c1-3-14(2)28-18-10-6-16(7-11-18)24-20-13-21-19(12-22(20)32-26(24)30)23(25(29)31-21)15-4-8-17(27)9-5-15/h4-14,28H,3,27H2,1-2H3. The van der Waals surface area contributed by atoms with Crippen molar-refractivity contribution in [2.45, 2.75) is 26.3 Å². The molecule has 3 aromatic rings. The van der Waals surface area contributed by atoms with E-state index in [0.717, 1.165) is 17.7 Å². The number of carbonyl (C=O) groups excluding carboxylic acids is 2. The van der Waals surface area contributed by atoms with Gasteiger partial charge in [-0.25, -0.2) is 9.59 Å². The Hall–Kier alpha value is -4.06. The van der Waals surface area contributed by atoms with E-state index in [2.05, 4.69) is 19.2 Å². The Kier molecular flexibility index (Phi) is 4.70. The first kappa shape index (κ1) is 19.9. The van der Waals surface area contributed by atoms with Gasteiger partial charge in [0.2, 0.25) is 0 Å². The molecule has 2 aliphatic rings. The van der Waals surface area contributed by atoms with Gasteiger partial charge < -0.3 is 20.5 Å². The van der Waals surface area contributed by atoms with Crippen molar-refractivity contribution in [3.63, 3.8) is 0 Å². The normalized spacial score (nSPS) is 15.2. The smallest absolute Gasteiger partial charge is 0.344 e. The molecule has 3 aromatic carbocycles. The lowest BCUT2D eigenvalue weighted by Crippen LogP contribution is -2.13. The van der Waals surface area contributed by atoms with E-state index in [4.69, 9.17) is 15.2 Å². The number of hydrogen-bond donors (Lipinski definition) is 2. The van der Waals surface area contributed by atoms with Gasteiger partial charge in [-0.05, 0) is 60.9 Å². The summed E-state index contributed by atoms with van der Waals surface area (Å²) in [6, 6.07) is 18.4. The molecule has 1 atom stereocenters. The Bertz CT molecular complexity index is 1370. The van der Waals surface area contributed by atoms with Crippen LogP contribution in [-0.2, 0) is 9.59 Å². The van der Waals surface area contributed by atoms with Gasteiger partial charge in [0, 0.05) is 27.9 Å². The largest absolute Gasteiger partial charge is 0.422 e. The molecule has 6 heteroatoms. The van der Waals surface area contributed by atoms with Gasteiger partial charge in [0.05, 0.1) is 11.1 Å². The number of benzene rings is 3. The summed E-state index contributed by atoms with van der Waals surface area (Å²) in [5.41, 5.74) is 9.67. The highest BCUT2D eigenvalue weighted by molar-refractivity contribution is 6.21. The average Bonchev–Trinajstić information content (AvgIpc) is 3.27. The Balaban J connectivity index is 1.62. The number of esters is 2. The van der Waals surface area contributed by atoms with E-state index in [1.807, 2.05) is 24.3 Å². The summed E-state index contributed by atoms with van der Waals surface area (Å²) in [6.45, 7) is 4.24. The van der Waals surface area contributed by atoms with Crippen molar-refractivity contribution in [3.05, 3.63) is 82.2 Å². The molecule has 6 nitrogen and oxygen atoms in total. The second-order valence-electron chi connectivity index (χ2n) is 8.03. The fourth-order valence-corrected chi connectivity index (χ4v) is 3.96. The molecule has 3 N–H and O–H groups in total. The van der Waals surface area contributed by atoms with Crippen molar-refractivity contribution < 1.29 is 19.1 Å². The zero-order chi connectivity index (χ0) is 22.4. The van der Waals surface area contributed by atoms with Crippen molar-refractivity contribution in [1.82, 2.24) is 0 Å². The van der Waals surface area contributed by atoms with E-state index in [1.165, 1.54) is 0 Å². The molecule has 0 radical (unpaired) electrons. The van der Waals surface area contributed by atoms with E-state index in [9.17, 15) is 9.59 Å². The number of fused-ring (bicyclic) bond motifs is 2. The topological polar surface area (TPSA) is 90.6 Å². The maximum atomic E-state index is 12.7. The van der Waals surface area contributed by atoms with Crippen molar-refractivity contribution in [1.29, 1.82) is 0 Å². The van der Waals surface area contributed by atoms with Crippen LogP contribution >= 0.6 is 0 Å². The van der Waals surface area contributed by atoms with E-state index in [-0.39, 0.29) is 0 Å². The number of carbonyl (C=O) groups is 2. The lowest BCUT2D eigenvalue weighted by Gasteiger charge is -2.13. The third kappa shape index (κ3) is 3.30. The van der Waals surface area contributed by atoms with Crippen LogP contribution in [0.2, 0.25) is 0 Å². The van der Waals surface area contributed by atoms with Gasteiger partial charge in [0.15, 0.2) is 0 Å². The number of ether oxygens (including phenoxy) is 2. The summed E-state index contributed by atoms with van der Waals surface area (Å²) in [6.07, 6.45) is 1.01. The summed E-state index contributed by atoms with van der Waals surface area (Å²) < 4.78 is 11.1. The second kappa shape index (κ2) is 7.57. The Morgan fingerprint density at radius 1 is 0.812 bits per heavy atom. The van der Waals surface area contributed by atoms with Crippen LogP contribution in [0.4, 0.5) is 11.4 Å². The molecule has 2 heterocycles. The van der Waals surface area contributed by atoms with Crippen LogP contribution in [0.5, 0.6) is 11.5 Å². The highest BCUT2D eigenvalue weighted by Crippen LogP contribution is 2.28. The molecule has 0 bridgehead atoms. The molecule has 2 aliphatic heterocycles. The first-order chi connectivity index (χ1) is 15.4. The Labute approximate surface area is 185 Å². The molecule has 160 valence electrons. The van der Waals surface area contributed by atoms with Gasteiger partial charge in [-0.3, -0.25) is 0 Å². The van der Waals surface area contributed by atoms with Crippen molar-refractivity contribution in [3.8, 4) is 11.5 Å². The SMILES string of the molecule is CCC(C)Nc1ccc(C2=c3cc4c(cc3OC2=O)=C(c2ccc(N)cc2)C(=O)O4)cc1. The predicted octanol–water partition coefficient (Wildman–Crippen LogP) is 2.72. The quantitative estimate of drug-likeness (QED) is 0.370. The first-order valence-electron chi connectivity index (χ1n) is 10.5. The average molecular weight is 426 g/mol. The highest BCUT2D eigenvalue weighted by Gasteiger charge is 2.30. The third-order valence-electron chi connectivity index (χ3n) is 5.83. The summed E-state index contributed by atoms with van der Waals surface area (Å²) in [7, 11) is 0. The van der Waals surface area contributed by atoms with Gasteiger partial charge in [-0.1, -0.05) is 31.2 Å². The van der Waals surface area contributed by atoms with Crippen LogP contribution < -0.4 is 31.0 Å². The fraction of sp³-hybridized carbons (Fsp3) is 0.154. The Morgan fingerprint density at radius 2 is 1.28 bits per heavy atom.